The summed E-state index contributed by atoms with van der Waals surface area (Å²) in [7, 11) is 0. The summed E-state index contributed by atoms with van der Waals surface area (Å²) in [5.74, 6) is -0.305. The molecule has 1 amide bonds. The van der Waals surface area contributed by atoms with Gasteiger partial charge in [0.25, 0.3) is 0 Å². The van der Waals surface area contributed by atoms with Crippen molar-refractivity contribution < 1.29 is 4.79 Å². The Balaban J connectivity index is 1.91. The van der Waals surface area contributed by atoms with Crippen LogP contribution in [0.25, 0.3) is 0 Å². The highest BCUT2D eigenvalue weighted by atomic mass is 32.1. The van der Waals surface area contributed by atoms with Crippen LogP contribution in [0.2, 0.25) is 0 Å². The van der Waals surface area contributed by atoms with E-state index in [1.54, 1.807) is 11.7 Å². The minimum atomic E-state index is -0.289. The number of hydrogen-bond donors (Lipinski definition) is 2. The molecular weight excluding hydrogens is 258 g/mol. The van der Waals surface area contributed by atoms with Gasteiger partial charge in [-0.1, -0.05) is 37.3 Å². The van der Waals surface area contributed by atoms with Crippen LogP contribution in [0.15, 0.2) is 42.0 Å². The number of thiazole rings is 1. The second-order valence-electron chi connectivity index (χ2n) is 4.41. The van der Waals surface area contributed by atoms with Gasteiger partial charge in [0, 0.05) is 17.1 Å². The number of nitrogens with one attached hydrogen (secondary N) is 1. The summed E-state index contributed by atoms with van der Waals surface area (Å²) in [5.41, 5.74) is 8.84. The predicted molar refractivity (Wildman–Crippen MR) is 76.5 cm³/mol. The van der Waals surface area contributed by atoms with Crippen LogP contribution in [0.4, 0.5) is 0 Å². The molecule has 5 heteroatoms. The normalized spacial score (nSPS) is 13.8. The highest BCUT2D eigenvalue weighted by Gasteiger charge is 2.21. The smallest absolute Gasteiger partial charge is 0.225 e. The highest BCUT2D eigenvalue weighted by Crippen LogP contribution is 2.19. The van der Waals surface area contributed by atoms with E-state index >= 15 is 0 Å². The van der Waals surface area contributed by atoms with E-state index in [4.69, 9.17) is 5.73 Å². The molecule has 0 fully saturated rings. The number of aromatic nitrogens is 1. The molecule has 4 nitrogen and oxygen atoms in total. The average Bonchev–Trinajstić information content (AvgIpc) is 2.97. The maximum absolute atomic E-state index is 12.0. The zero-order chi connectivity index (χ0) is 13.7. The second kappa shape index (κ2) is 6.45. The Morgan fingerprint density at radius 1 is 1.42 bits per heavy atom. The fourth-order valence-corrected chi connectivity index (χ4v) is 2.33. The van der Waals surface area contributed by atoms with Gasteiger partial charge in [0.15, 0.2) is 0 Å². The molecule has 0 aliphatic carbocycles. The lowest BCUT2D eigenvalue weighted by Gasteiger charge is -2.19. The Kier molecular flexibility index (Phi) is 4.65. The first-order chi connectivity index (χ1) is 9.18. The predicted octanol–water partition coefficient (Wildman–Crippen LogP) is 2.10. The molecule has 19 heavy (non-hydrogen) atoms. The zero-order valence-corrected chi connectivity index (χ0v) is 11.6. The van der Waals surface area contributed by atoms with Crippen molar-refractivity contribution in [3.63, 3.8) is 0 Å². The summed E-state index contributed by atoms with van der Waals surface area (Å²) in [5, 5.41) is 2.89. The molecule has 2 atom stereocenters. The Labute approximate surface area is 116 Å². The van der Waals surface area contributed by atoms with Gasteiger partial charge >= 0.3 is 0 Å². The maximum Gasteiger partial charge on any atom is 0.225 e. The van der Waals surface area contributed by atoms with Crippen molar-refractivity contribution >= 4 is 17.2 Å². The van der Waals surface area contributed by atoms with Gasteiger partial charge in [-0.05, 0) is 5.56 Å². The number of nitrogens with zero attached hydrogens (tertiary/aromatic N) is 1. The molecule has 0 saturated carbocycles. The number of benzene rings is 1. The van der Waals surface area contributed by atoms with Gasteiger partial charge in [-0.3, -0.25) is 9.78 Å². The molecule has 2 rings (SSSR count). The van der Waals surface area contributed by atoms with Crippen molar-refractivity contribution in [3.8, 4) is 0 Å². The minimum absolute atomic E-state index is 0.0373. The number of rotatable bonds is 5. The standard InChI is InChI=1S/C14H17N3OS/c1-10(13(15)11-5-3-2-4-6-11)14(18)17-8-12-7-16-9-19-12/h2-7,9-10,13H,8,15H2,1H3,(H,17,18). The Morgan fingerprint density at radius 3 is 2.79 bits per heavy atom. The zero-order valence-electron chi connectivity index (χ0n) is 10.7. The summed E-state index contributed by atoms with van der Waals surface area (Å²) in [6, 6.07) is 9.39. The number of hydrogen-bond acceptors (Lipinski definition) is 4. The van der Waals surface area contributed by atoms with Gasteiger partial charge in [0.05, 0.1) is 18.0 Å². The van der Waals surface area contributed by atoms with Crippen LogP contribution in [0.3, 0.4) is 0 Å². The topological polar surface area (TPSA) is 68.0 Å². The first-order valence-corrected chi connectivity index (χ1v) is 7.02. The molecule has 0 aliphatic rings. The van der Waals surface area contributed by atoms with Crippen molar-refractivity contribution in [1.82, 2.24) is 10.3 Å². The molecule has 0 radical (unpaired) electrons. The fourth-order valence-electron chi connectivity index (χ4n) is 1.79. The van der Waals surface area contributed by atoms with Crippen molar-refractivity contribution in [2.75, 3.05) is 0 Å². The first-order valence-electron chi connectivity index (χ1n) is 6.14. The number of amides is 1. The molecule has 3 N–H and O–H groups in total. The van der Waals surface area contributed by atoms with Gasteiger partial charge < -0.3 is 11.1 Å². The Bertz CT molecular complexity index is 513. The van der Waals surface area contributed by atoms with Crippen molar-refractivity contribution in [1.29, 1.82) is 0 Å². The van der Waals surface area contributed by atoms with E-state index in [-0.39, 0.29) is 17.9 Å². The van der Waals surface area contributed by atoms with E-state index in [1.165, 1.54) is 11.3 Å². The number of carbonyl (C=O) groups is 1. The molecule has 1 aromatic carbocycles. The fraction of sp³-hybridized carbons (Fsp3) is 0.286. The number of nitrogens with two attached hydrogens (primary N) is 1. The SMILES string of the molecule is CC(C(=O)NCc1cncs1)C(N)c1ccccc1. The van der Waals surface area contributed by atoms with Crippen LogP contribution in [0.5, 0.6) is 0 Å². The lowest BCUT2D eigenvalue weighted by atomic mass is 9.95. The van der Waals surface area contributed by atoms with E-state index < -0.39 is 0 Å². The summed E-state index contributed by atoms with van der Waals surface area (Å²) in [4.78, 5) is 17.1. The van der Waals surface area contributed by atoms with Gasteiger partial charge in [0.1, 0.15) is 0 Å². The highest BCUT2D eigenvalue weighted by molar-refractivity contribution is 7.09. The molecule has 2 aromatic rings. The summed E-state index contributed by atoms with van der Waals surface area (Å²) in [6.07, 6.45) is 1.76. The largest absolute Gasteiger partial charge is 0.351 e. The molecule has 100 valence electrons. The van der Waals surface area contributed by atoms with Crippen LogP contribution in [0, 0.1) is 5.92 Å². The first kappa shape index (κ1) is 13.7. The minimum Gasteiger partial charge on any atom is -0.351 e. The van der Waals surface area contributed by atoms with E-state index in [0.29, 0.717) is 6.54 Å². The van der Waals surface area contributed by atoms with Crippen molar-refractivity contribution in [2.24, 2.45) is 11.7 Å². The van der Waals surface area contributed by atoms with Gasteiger partial charge in [-0.2, -0.15) is 0 Å². The van der Waals surface area contributed by atoms with E-state index in [1.807, 2.05) is 37.3 Å². The molecule has 0 bridgehead atoms. The van der Waals surface area contributed by atoms with Crippen LogP contribution >= 0.6 is 11.3 Å². The molecule has 0 spiro atoms. The summed E-state index contributed by atoms with van der Waals surface area (Å²) in [6.45, 7) is 2.36. The van der Waals surface area contributed by atoms with Gasteiger partial charge in [-0.25, -0.2) is 0 Å². The molecule has 1 heterocycles. The van der Waals surface area contributed by atoms with Crippen molar-refractivity contribution in [3.05, 3.63) is 52.5 Å². The lowest BCUT2D eigenvalue weighted by molar-refractivity contribution is -0.125. The third-order valence-electron chi connectivity index (χ3n) is 3.06. The third-order valence-corrected chi connectivity index (χ3v) is 3.84. The molecule has 2 unspecified atom stereocenters. The summed E-state index contributed by atoms with van der Waals surface area (Å²) >= 11 is 1.52. The van der Waals surface area contributed by atoms with Gasteiger partial charge in [0.2, 0.25) is 5.91 Å². The van der Waals surface area contributed by atoms with Crippen LogP contribution in [-0.2, 0) is 11.3 Å². The lowest BCUT2D eigenvalue weighted by Crippen LogP contribution is -2.35. The van der Waals surface area contributed by atoms with Gasteiger partial charge in [-0.15, -0.1) is 11.3 Å². The monoisotopic (exact) mass is 275 g/mol. The van der Waals surface area contributed by atoms with E-state index in [0.717, 1.165) is 10.4 Å². The molecule has 0 aliphatic heterocycles. The van der Waals surface area contributed by atoms with Crippen molar-refractivity contribution in [2.45, 2.75) is 19.5 Å². The molecule has 1 aromatic heterocycles. The maximum atomic E-state index is 12.0. The van der Waals surface area contributed by atoms with Crippen LogP contribution in [0.1, 0.15) is 23.4 Å². The number of carbonyl (C=O) groups excluding carboxylic acids is 1. The molecule has 0 saturated heterocycles. The van der Waals surface area contributed by atoms with E-state index in [9.17, 15) is 4.79 Å². The third kappa shape index (κ3) is 3.62. The molecular formula is C14H17N3OS. The Morgan fingerprint density at radius 2 is 2.16 bits per heavy atom. The quantitative estimate of drug-likeness (QED) is 0.878. The van der Waals surface area contributed by atoms with Crippen LogP contribution in [-0.4, -0.2) is 10.9 Å². The Hall–Kier alpha value is -1.72. The second-order valence-corrected chi connectivity index (χ2v) is 5.38. The average molecular weight is 275 g/mol. The van der Waals surface area contributed by atoms with E-state index in [2.05, 4.69) is 10.3 Å². The van der Waals surface area contributed by atoms with Crippen LogP contribution < -0.4 is 11.1 Å². The summed E-state index contributed by atoms with van der Waals surface area (Å²) < 4.78 is 0.